The van der Waals surface area contributed by atoms with Crippen LogP contribution >= 0.6 is 0 Å². The molecule has 1 fully saturated rings. The minimum absolute atomic E-state index is 0.275. The van der Waals surface area contributed by atoms with Gasteiger partial charge in [-0.2, -0.15) is 0 Å². The fraction of sp³-hybridized carbons (Fsp3) is 0.625. The lowest BCUT2D eigenvalue weighted by Crippen LogP contribution is -2.48. The van der Waals surface area contributed by atoms with Crippen LogP contribution in [0.25, 0.3) is 0 Å². The standard InChI is InChI=1S/C16H26N2/c1-16(2,3)15(14-8-6-5-7-9-14)18-12-10-17(4)11-13-18/h5-9,15H,10-13H2,1-4H3. The highest BCUT2D eigenvalue weighted by Crippen LogP contribution is 2.38. The predicted octanol–water partition coefficient (Wildman–Crippen LogP) is 3.02. The molecule has 0 aliphatic carbocycles. The van der Waals surface area contributed by atoms with Crippen LogP contribution in [0.3, 0.4) is 0 Å². The molecule has 0 N–H and O–H groups in total. The molecule has 1 heterocycles. The largest absolute Gasteiger partial charge is 0.304 e. The summed E-state index contributed by atoms with van der Waals surface area (Å²) in [5, 5.41) is 0. The first kappa shape index (κ1) is 13.6. The first-order chi connectivity index (χ1) is 8.48. The zero-order valence-corrected chi connectivity index (χ0v) is 12.2. The summed E-state index contributed by atoms with van der Waals surface area (Å²) >= 11 is 0. The van der Waals surface area contributed by atoms with Crippen molar-refractivity contribution in [1.29, 1.82) is 0 Å². The second-order valence-electron chi connectivity index (χ2n) is 6.52. The van der Waals surface area contributed by atoms with Crippen molar-refractivity contribution < 1.29 is 0 Å². The van der Waals surface area contributed by atoms with Gasteiger partial charge in [0, 0.05) is 32.2 Å². The summed E-state index contributed by atoms with van der Waals surface area (Å²) in [4.78, 5) is 5.07. The summed E-state index contributed by atoms with van der Waals surface area (Å²) in [6, 6.07) is 11.5. The number of nitrogens with zero attached hydrogens (tertiary/aromatic N) is 2. The summed E-state index contributed by atoms with van der Waals surface area (Å²) < 4.78 is 0. The second kappa shape index (κ2) is 5.41. The summed E-state index contributed by atoms with van der Waals surface area (Å²) in [6.07, 6.45) is 0. The summed E-state index contributed by atoms with van der Waals surface area (Å²) in [5.41, 5.74) is 1.73. The molecular formula is C16H26N2. The average Bonchev–Trinajstić information content (AvgIpc) is 2.32. The van der Waals surface area contributed by atoms with Gasteiger partial charge < -0.3 is 4.90 Å². The zero-order chi connectivity index (χ0) is 13.2. The summed E-state index contributed by atoms with van der Waals surface area (Å²) in [7, 11) is 2.21. The molecule has 0 spiro atoms. The SMILES string of the molecule is CN1CCN(C(c2ccccc2)C(C)(C)C)CC1. The molecule has 1 aromatic carbocycles. The van der Waals surface area contributed by atoms with Gasteiger partial charge in [0.25, 0.3) is 0 Å². The van der Waals surface area contributed by atoms with Crippen LogP contribution in [-0.2, 0) is 0 Å². The van der Waals surface area contributed by atoms with E-state index in [-0.39, 0.29) is 5.41 Å². The van der Waals surface area contributed by atoms with Gasteiger partial charge in [-0.25, -0.2) is 0 Å². The molecule has 0 saturated carbocycles. The van der Waals surface area contributed by atoms with Gasteiger partial charge in [0.2, 0.25) is 0 Å². The van der Waals surface area contributed by atoms with Crippen LogP contribution in [0.1, 0.15) is 32.4 Å². The van der Waals surface area contributed by atoms with Crippen LogP contribution in [0.15, 0.2) is 30.3 Å². The number of likely N-dealkylation sites (N-methyl/N-ethyl adjacent to an activating group) is 1. The molecule has 100 valence electrons. The molecule has 0 amide bonds. The molecule has 0 radical (unpaired) electrons. The van der Waals surface area contributed by atoms with Crippen LogP contribution in [0.4, 0.5) is 0 Å². The smallest absolute Gasteiger partial charge is 0.0397 e. The number of hydrogen-bond acceptors (Lipinski definition) is 2. The average molecular weight is 246 g/mol. The molecule has 1 aliphatic rings. The predicted molar refractivity (Wildman–Crippen MR) is 77.7 cm³/mol. The Morgan fingerprint density at radius 3 is 2.00 bits per heavy atom. The Morgan fingerprint density at radius 1 is 0.944 bits per heavy atom. The Kier molecular flexibility index (Phi) is 4.08. The van der Waals surface area contributed by atoms with Crippen molar-refractivity contribution in [3.63, 3.8) is 0 Å². The molecule has 2 rings (SSSR count). The summed E-state index contributed by atoms with van der Waals surface area (Å²) in [6.45, 7) is 11.8. The van der Waals surface area contributed by atoms with Crippen molar-refractivity contribution in [1.82, 2.24) is 9.80 Å². The van der Waals surface area contributed by atoms with Crippen LogP contribution in [-0.4, -0.2) is 43.0 Å². The fourth-order valence-electron chi connectivity index (χ4n) is 2.97. The van der Waals surface area contributed by atoms with Crippen LogP contribution in [0.5, 0.6) is 0 Å². The highest BCUT2D eigenvalue weighted by molar-refractivity contribution is 5.21. The molecular weight excluding hydrogens is 220 g/mol. The van der Waals surface area contributed by atoms with Crippen molar-refractivity contribution >= 4 is 0 Å². The summed E-state index contributed by atoms with van der Waals surface area (Å²) in [5.74, 6) is 0. The number of piperazine rings is 1. The van der Waals surface area contributed by atoms with E-state index in [2.05, 4.69) is 68.0 Å². The molecule has 1 saturated heterocycles. The van der Waals surface area contributed by atoms with Crippen molar-refractivity contribution in [3.8, 4) is 0 Å². The third kappa shape index (κ3) is 3.12. The van der Waals surface area contributed by atoms with Crippen molar-refractivity contribution in [2.75, 3.05) is 33.2 Å². The van der Waals surface area contributed by atoms with E-state index in [1.807, 2.05) is 0 Å². The highest BCUT2D eigenvalue weighted by atomic mass is 15.3. The Balaban J connectivity index is 2.21. The van der Waals surface area contributed by atoms with Crippen LogP contribution in [0, 0.1) is 5.41 Å². The quantitative estimate of drug-likeness (QED) is 0.791. The molecule has 18 heavy (non-hydrogen) atoms. The lowest BCUT2D eigenvalue weighted by Gasteiger charge is -2.44. The molecule has 1 atom stereocenters. The zero-order valence-electron chi connectivity index (χ0n) is 12.2. The van der Waals surface area contributed by atoms with Gasteiger partial charge in [-0.3, -0.25) is 4.90 Å². The lowest BCUT2D eigenvalue weighted by molar-refractivity contribution is 0.0531. The van der Waals surface area contributed by atoms with Gasteiger partial charge in [-0.15, -0.1) is 0 Å². The Morgan fingerprint density at radius 2 is 1.50 bits per heavy atom. The monoisotopic (exact) mass is 246 g/mol. The molecule has 1 aromatic rings. The van der Waals surface area contributed by atoms with Gasteiger partial charge in [0.15, 0.2) is 0 Å². The number of hydrogen-bond donors (Lipinski definition) is 0. The van der Waals surface area contributed by atoms with Crippen LogP contribution in [0.2, 0.25) is 0 Å². The van der Waals surface area contributed by atoms with Gasteiger partial charge in [0.1, 0.15) is 0 Å². The minimum atomic E-state index is 0.275. The van der Waals surface area contributed by atoms with E-state index in [9.17, 15) is 0 Å². The molecule has 0 aromatic heterocycles. The first-order valence-electron chi connectivity index (χ1n) is 6.96. The van der Waals surface area contributed by atoms with Crippen molar-refractivity contribution in [3.05, 3.63) is 35.9 Å². The molecule has 2 nitrogen and oxygen atoms in total. The van der Waals surface area contributed by atoms with Gasteiger partial charge in [-0.05, 0) is 18.0 Å². The third-order valence-corrected chi connectivity index (χ3v) is 3.84. The van der Waals surface area contributed by atoms with E-state index in [1.165, 1.54) is 31.7 Å². The normalized spacial score (nSPS) is 20.9. The maximum absolute atomic E-state index is 2.65. The van der Waals surface area contributed by atoms with Gasteiger partial charge in [0.05, 0.1) is 0 Å². The lowest BCUT2D eigenvalue weighted by atomic mass is 9.81. The molecule has 1 aliphatic heterocycles. The number of benzene rings is 1. The topological polar surface area (TPSA) is 6.48 Å². The van der Waals surface area contributed by atoms with E-state index in [0.29, 0.717) is 6.04 Å². The van der Waals surface area contributed by atoms with Gasteiger partial charge in [-0.1, -0.05) is 51.1 Å². The maximum Gasteiger partial charge on any atom is 0.0397 e. The Hall–Kier alpha value is -0.860. The second-order valence-corrected chi connectivity index (χ2v) is 6.52. The van der Waals surface area contributed by atoms with Crippen LogP contribution < -0.4 is 0 Å². The van der Waals surface area contributed by atoms with E-state index in [0.717, 1.165) is 0 Å². The van der Waals surface area contributed by atoms with Crippen molar-refractivity contribution in [2.45, 2.75) is 26.8 Å². The van der Waals surface area contributed by atoms with E-state index >= 15 is 0 Å². The van der Waals surface area contributed by atoms with Crippen molar-refractivity contribution in [2.24, 2.45) is 5.41 Å². The first-order valence-corrected chi connectivity index (χ1v) is 6.96. The van der Waals surface area contributed by atoms with E-state index in [4.69, 9.17) is 0 Å². The molecule has 2 heteroatoms. The third-order valence-electron chi connectivity index (χ3n) is 3.84. The van der Waals surface area contributed by atoms with E-state index in [1.54, 1.807) is 0 Å². The Bertz CT molecular complexity index is 358. The molecule has 0 bridgehead atoms. The van der Waals surface area contributed by atoms with E-state index < -0.39 is 0 Å². The number of rotatable bonds is 2. The maximum atomic E-state index is 2.65. The molecule has 1 unspecified atom stereocenters. The fourth-order valence-corrected chi connectivity index (χ4v) is 2.97. The Labute approximate surface area is 112 Å². The van der Waals surface area contributed by atoms with Gasteiger partial charge >= 0.3 is 0 Å². The highest BCUT2D eigenvalue weighted by Gasteiger charge is 2.32. The minimum Gasteiger partial charge on any atom is -0.304 e.